The number of fused-ring (bicyclic) bond motifs is 1. The van der Waals surface area contributed by atoms with E-state index in [1.165, 1.54) is 35.1 Å². The first kappa shape index (κ1) is 16.4. The molecule has 1 aliphatic heterocycles. The van der Waals surface area contributed by atoms with Gasteiger partial charge in [0.1, 0.15) is 0 Å². The predicted molar refractivity (Wildman–Crippen MR) is 103 cm³/mol. The van der Waals surface area contributed by atoms with Gasteiger partial charge >= 0.3 is 0 Å². The van der Waals surface area contributed by atoms with Gasteiger partial charge in [0.25, 0.3) is 0 Å². The van der Waals surface area contributed by atoms with E-state index in [9.17, 15) is 5.21 Å². The van der Waals surface area contributed by atoms with Crippen molar-refractivity contribution < 1.29 is 4.74 Å². The number of rotatable bonds is 2. The second-order valence-corrected chi connectivity index (χ2v) is 7.88. The first-order chi connectivity index (χ1) is 12.2. The van der Waals surface area contributed by atoms with Crippen LogP contribution in [0, 0.1) is 5.21 Å². The van der Waals surface area contributed by atoms with Crippen LogP contribution in [0.15, 0.2) is 54.6 Å². The van der Waals surface area contributed by atoms with Gasteiger partial charge in [0.15, 0.2) is 11.3 Å². The Balaban J connectivity index is 1.86. The zero-order valence-electron chi connectivity index (χ0n) is 15.1. The van der Waals surface area contributed by atoms with Crippen molar-refractivity contribution in [2.24, 2.45) is 0 Å². The van der Waals surface area contributed by atoms with Crippen LogP contribution in [0.3, 0.4) is 0 Å². The molecule has 0 saturated heterocycles. The van der Waals surface area contributed by atoms with Gasteiger partial charge in [0, 0.05) is 24.8 Å². The summed E-state index contributed by atoms with van der Waals surface area (Å²) in [5, 5.41) is 13.7. The molecule has 130 valence electrons. The Morgan fingerprint density at radius 2 is 1.64 bits per heavy atom. The molecule has 4 rings (SSSR count). The van der Waals surface area contributed by atoms with E-state index in [0.29, 0.717) is 5.92 Å². The molecule has 0 amide bonds. The minimum atomic E-state index is -0.208. The standard InChI is InChI=1S/C23H27NO/c1-18-17-23(14-8-3-9-15-23)24(25)22(16-19-10-4-2-5-11-19)21-13-7-6-12-20(18)21/h2,4-7,10-13,18H,3,8-9,14-17H2,1H3. The van der Waals surface area contributed by atoms with Crippen molar-refractivity contribution in [2.75, 3.05) is 0 Å². The van der Waals surface area contributed by atoms with Gasteiger partial charge in [-0.15, -0.1) is 0 Å². The molecule has 2 nitrogen and oxygen atoms in total. The molecule has 2 aromatic carbocycles. The van der Waals surface area contributed by atoms with Crippen molar-refractivity contribution in [3.63, 3.8) is 0 Å². The van der Waals surface area contributed by atoms with Gasteiger partial charge < -0.3 is 5.21 Å². The maximum atomic E-state index is 13.7. The normalized spacial score (nSPS) is 22.5. The van der Waals surface area contributed by atoms with E-state index in [1.807, 2.05) is 6.07 Å². The van der Waals surface area contributed by atoms with Crippen molar-refractivity contribution in [3.05, 3.63) is 76.5 Å². The molecule has 2 aliphatic rings. The molecular weight excluding hydrogens is 306 g/mol. The van der Waals surface area contributed by atoms with Crippen LogP contribution in [0.4, 0.5) is 0 Å². The van der Waals surface area contributed by atoms with Gasteiger partial charge in [-0.05, 0) is 36.0 Å². The van der Waals surface area contributed by atoms with Crippen LogP contribution in [0.5, 0.6) is 0 Å². The fourth-order valence-electron chi connectivity index (χ4n) is 4.92. The smallest absolute Gasteiger partial charge is 0.199 e. The zero-order valence-corrected chi connectivity index (χ0v) is 15.1. The molecule has 1 heterocycles. The highest BCUT2D eigenvalue weighted by molar-refractivity contribution is 6.00. The van der Waals surface area contributed by atoms with Crippen molar-refractivity contribution in [1.29, 1.82) is 0 Å². The molecule has 0 aromatic heterocycles. The lowest BCUT2D eigenvalue weighted by Gasteiger charge is -2.36. The van der Waals surface area contributed by atoms with Crippen LogP contribution in [0.2, 0.25) is 0 Å². The van der Waals surface area contributed by atoms with E-state index in [2.05, 4.69) is 55.5 Å². The quantitative estimate of drug-likeness (QED) is 0.531. The molecule has 0 radical (unpaired) electrons. The minimum absolute atomic E-state index is 0.208. The fourth-order valence-corrected chi connectivity index (χ4v) is 4.92. The summed E-state index contributed by atoms with van der Waals surface area (Å²) in [6.45, 7) is 2.30. The number of hydrogen-bond acceptors (Lipinski definition) is 1. The van der Waals surface area contributed by atoms with Crippen LogP contribution in [0.1, 0.15) is 68.1 Å². The van der Waals surface area contributed by atoms with E-state index in [4.69, 9.17) is 0 Å². The van der Waals surface area contributed by atoms with Crippen LogP contribution >= 0.6 is 0 Å². The topological polar surface area (TPSA) is 26.1 Å². The predicted octanol–water partition coefficient (Wildman–Crippen LogP) is 5.44. The van der Waals surface area contributed by atoms with Crippen molar-refractivity contribution in [3.8, 4) is 0 Å². The summed E-state index contributed by atoms with van der Waals surface area (Å²) >= 11 is 0. The Morgan fingerprint density at radius 1 is 0.960 bits per heavy atom. The molecule has 0 bridgehead atoms. The van der Waals surface area contributed by atoms with Gasteiger partial charge in [-0.25, -0.2) is 4.74 Å². The molecule has 2 aromatic rings. The number of benzene rings is 2. The second kappa shape index (κ2) is 6.67. The Hall–Kier alpha value is -2.09. The Bertz CT molecular complexity index is 772. The van der Waals surface area contributed by atoms with Gasteiger partial charge in [0.2, 0.25) is 0 Å². The lowest BCUT2D eigenvalue weighted by Crippen LogP contribution is -2.44. The number of hydrogen-bond donors (Lipinski definition) is 0. The largest absolute Gasteiger partial charge is 0.623 e. The second-order valence-electron chi connectivity index (χ2n) is 7.88. The Labute approximate surface area is 150 Å². The van der Waals surface area contributed by atoms with Gasteiger partial charge in [-0.2, -0.15) is 0 Å². The van der Waals surface area contributed by atoms with Gasteiger partial charge in [-0.1, -0.05) is 61.9 Å². The summed E-state index contributed by atoms with van der Waals surface area (Å²) < 4.78 is 1.45. The third kappa shape index (κ3) is 2.99. The van der Waals surface area contributed by atoms with Crippen LogP contribution < -0.4 is 0 Å². The lowest BCUT2D eigenvalue weighted by atomic mass is 9.75. The SMILES string of the molecule is CC1CC2(CCCCC2)[N+]([O-])=C(Cc2ccccc2)c2ccccc21. The molecule has 1 saturated carbocycles. The van der Waals surface area contributed by atoms with E-state index >= 15 is 0 Å². The maximum absolute atomic E-state index is 13.7. The third-order valence-corrected chi connectivity index (χ3v) is 6.16. The molecule has 1 spiro atoms. The van der Waals surface area contributed by atoms with E-state index in [-0.39, 0.29) is 5.54 Å². The molecule has 1 aliphatic carbocycles. The fraction of sp³-hybridized carbons (Fsp3) is 0.435. The van der Waals surface area contributed by atoms with Gasteiger partial charge in [-0.3, -0.25) is 0 Å². The van der Waals surface area contributed by atoms with Crippen molar-refractivity contribution >= 4 is 5.71 Å². The van der Waals surface area contributed by atoms with Crippen molar-refractivity contribution in [1.82, 2.24) is 0 Å². The van der Waals surface area contributed by atoms with E-state index < -0.39 is 0 Å². The van der Waals surface area contributed by atoms with Crippen LogP contribution in [0.25, 0.3) is 0 Å². The molecular formula is C23H27NO. The van der Waals surface area contributed by atoms with Gasteiger partial charge in [0.05, 0.1) is 6.42 Å². The maximum Gasteiger partial charge on any atom is 0.199 e. The van der Waals surface area contributed by atoms with E-state index in [1.54, 1.807) is 0 Å². The van der Waals surface area contributed by atoms with Crippen molar-refractivity contribution in [2.45, 2.75) is 63.3 Å². The van der Waals surface area contributed by atoms with Crippen LogP contribution in [-0.2, 0) is 6.42 Å². The molecule has 1 atom stereocenters. The summed E-state index contributed by atoms with van der Waals surface area (Å²) in [6, 6.07) is 19.0. The summed E-state index contributed by atoms with van der Waals surface area (Å²) in [6.07, 6.45) is 7.40. The first-order valence-corrected chi connectivity index (χ1v) is 9.66. The summed E-state index contributed by atoms with van der Waals surface area (Å²) in [5.41, 5.74) is 4.48. The molecule has 1 fully saturated rings. The lowest BCUT2D eigenvalue weighted by molar-refractivity contribution is -0.557. The molecule has 1 unspecified atom stereocenters. The Kier molecular flexibility index (Phi) is 4.37. The first-order valence-electron chi connectivity index (χ1n) is 9.66. The molecule has 0 N–H and O–H groups in total. The number of nitrogens with zero attached hydrogens (tertiary/aromatic N) is 1. The van der Waals surface area contributed by atoms with Crippen LogP contribution in [-0.4, -0.2) is 16.0 Å². The number of hydroxylamine groups is 1. The highest BCUT2D eigenvalue weighted by Crippen LogP contribution is 2.42. The summed E-state index contributed by atoms with van der Waals surface area (Å²) in [7, 11) is 0. The molecule has 2 heteroatoms. The summed E-state index contributed by atoms with van der Waals surface area (Å²) in [4.78, 5) is 0. The average Bonchev–Trinajstić information content (AvgIpc) is 2.74. The highest BCUT2D eigenvalue weighted by atomic mass is 16.5. The average molecular weight is 333 g/mol. The molecule has 25 heavy (non-hydrogen) atoms. The zero-order chi connectivity index (χ0) is 17.3. The summed E-state index contributed by atoms with van der Waals surface area (Å²) in [5.74, 6) is 0.430. The Morgan fingerprint density at radius 3 is 2.40 bits per heavy atom. The third-order valence-electron chi connectivity index (χ3n) is 6.16. The monoisotopic (exact) mass is 333 g/mol. The minimum Gasteiger partial charge on any atom is -0.623 e. The highest BCUT2D eigenvalue weighted by Gasteiger charge is 2.45. The van der Waals surface area contributed by atoms with E-state index in [0.717, 1.165) is 37.0 Å².